The zero-order valence-corrected chi connectivity index (χ0v) is 8.71. The van der Waals surface area contributed by atoms with Gasteiger partial charge in [0.15, 0.2) is 17.4 Å². The van der Waals surface area contributed by atoms with Gasteiger partial charge in [0.25, 0.3) is 0 Å². The van der Waals surface area contributed by atoms with Gasteiger partial charge >= 0.3 is 0 Å². The number of benzene rings is 1. The summed E-state index contributed by atoms with van der Waals surface area (Å²) in [5, 5.41) is 0. The molecule has 0 aliphatic carbocycles. The van der Waals surface area contributed by atoms with E-state index in [0.29, 0.717) is 26.1 Å². The minimum absolute atomic E-state index is 0.123. The van der Waals surface area contributed by atoms with Crippen LogP contribution in [0.2, 0.25) is 0 Å². The molecule has 0 spiro atoms. The van der Waals surface area contributed by atoms with E-state index in [0.717, 1.165) is 12.1 Å². The molecule has 1 fully saturated rings. The minimum Gasteiger partial charge on any atom is -0.381 e. The third kappa shape index (κ3) is 2.27. The van der Waals surface area contributed by atoms with Gasteiger partial charge in [0, 0.05) is 24.7 Å². The highest BCUT2D eigenvalue weighted by molar-refractivity contribution is 5.97. The lowest BCUT2D eigenvalue weighted by molar-refractivity contribution is 0.0544. The van der Waals surface area contributed by atoms with Crippen molar-refractivity contribution in [1.29, 1.82) is 0 Å². The molecule has 0 aromatic heterocycles. The van der Waals surface area contributed by atoms with Crippen LogP contribution in [0.1, 0.15) is 23.2 Å². The highest BCUT2D eigenvalue weighted by Gasteiger charge is 2.23. The van der Waals surface area contributed by atoms with Gasteiger partial charge in [-0.1, -0.05) is 0 Å². The van der Waals surface area contributed by atoms with Crippen LogP contribution >= 0.6 is 0 Å². The van der Waals surface area contributed by atoms with E-state index in [1.807, 2.05) is 0 Å². The van der Waals surface area contributed by atoms with Crippen molar-refractivity contribution in [3.05, 3.63) is 35.4 Å². The van der Waals surface area contributed by atoms with E-state index in [9.17, 15) is 13.6 Å². The van der Waals surface area contributed by atoms with Crippen molar-refractivity contribution in [2.24, 2.45) is 5.92 Å². The molecule has 1 heterocycles. The topological polar surface area (TPSA) is 26.3 Å². The summed E-state index contributed by atoms with van der Waals surface area (Å²) in [5.74, 6) is -2.15. The Morgan fingerprint density at radius 1 is 1.19 bits per heavy atom. The third-order valence-corrected chi connectivity index (χ3v) is 2.80. The van der Waals surface area contributed by atoms with Gasteiger partial charge in [0.2, 0.25) is 0 Å². The Bertz CT molecular complexity index is 398. The second-order valence-corrected chi connectivity index (χ2v) is 3.88. The SMILES string of the molecule is O=C(c1ccc(F)c(F)c1)C1CCOCC1. The number of hydrogen-bond acceptors (Lipinski definition) is 2. The van der Waals surface area contributed by atoms with E-state index in [1.54, 1.807) is 0 Å². The molecule has 0 unspecified atom stereocenters. The van der Waals surface area contributed by atoms with Gasteiger partial charge in [-0.3, -0.25) is 4.79 Å². The van der Waals surface area contributed by atoms with Crippen molar-refractivity contribution >= 4 is 5.78 Å². The molecule has 0 atom stereocenters. The molecule has 16 heavy (non-hydrogen) atoms. The summed E-state index contributed by atoms with van der Waals surface area (Å²) in [4.78, 5) is 11.9. The molecule has 0 amide bonds. The van der Waals surface area contributed by atoms with E-state index in [2.05, 4.69) is 0 Å². The maximum atomic E-state index is 13.0. The Balaban J connectivity index is 2.16. The monoisotopic (exact) mass is 226 g/mol. The molecule has 1 saturated heterocycles. The Labute approximate surface area is 92.2 Å². The number of hydrogen-bond donors (Lipinski definition) is 0. The molecule has 0 saturated carbocycles. The molecule has 1 aliphatic heterocycles. The molecule has 0 N–H and O–H groups in total. The lowest BCUT2D eigenvalue weighted by Gasteiger charge is -2.20. The lowest BCUT2D eigenvalue weighted by atomic mass is 9.91. The average Bonchev–Trinajstić information content (AvgIpc) is 2.33. The van der Waals surface area contributed by atoms with Crippen LogP contribution in [0.5, 0.6) is 0 Å². The zero-order valence-electron chi connectivity index (χ0n) is 8.71. The van der Waals surface area contributed by atoms with Gasteiger partial charge in [-0.15, -0.1) is 0 Å². The van der Waals surface area contributed by atoms with E-state index < -0.39 is 11.6 Å². The van der Waals surface area contributed by atoms with Crippen LogP contribution in [-0.4, -0.2) is 19.0 Å². The first kappa shape index (κ1) is 11.2. The summed E-state index contributed by atoms with van der Waals surface area (Å²) in [6.45, 7) is 1.11. The number of Topliss-reactive ketones (excluding diaryl/α,β-unsaturated/α-hetero) is 1. The van der Waals surface area contributed by atoms with E-state index in [1.165, 1.54) is 6.07 Å². The van der Waals surface area contributed by atoms with Crippen LogP contribution < -0.4 is 0 Å². The van der Waals surface area contributed by atoms with Gasteiger partial charge < -0.3 is 4.74 Å². The first-order valence-electron chi connectivity index (χ1n) is 5.25. The Morgan fingerprint density at radius 2 is 1.88 bits per heavy atom. The predicted octanol–water partition coefficient (Wildman–Crippen LogP) is 2.57. The molecule has 4 heteroatoms. The van der Waals surface area contributed by atoms with E-state index >= 15 is 0 Å². The van der Waals surface area contributed by atoms with Crippen molar-refractivity contribution in [2.75, 3.05) is 13.2 Å². The number of ether oxygens (including phenoxy) is 1. The standard InChI is InChI=1S/C12H12F2O2/c13-10-2-1-9(7-11(10)14)12(15)8-3-5-16-6-4-8/h1-2,7-8H,3-6H2. The summed E-state index contributed by atoms with van der Waals surface area (Å²) in [5.41, 5.74) is 0.241. The highest BCUT2D eigenvalue weighted by atomic mass is 19.2. The Kier molecular flexibility index (Phi) is 3.29. The van der Waals surface area contributed by atoms with Gasteiger partial charge in [0.1, 0.15) is 0 Å². The Morgan fingerprint density at radius 3 is 2.50 bits per heavy atom. The smallest absolute Gasteiger partial charge is 0.166 e. The molecule has 0 radical (unpaired) electrons. The first-order chi connectivity index (χ1) is 7.68. The maximum absolute atomic E-state index is 13.0. The quantitative estimate of drug-likeness (QED) is 0.724. The highest BCUT2D eigenvalue weighted by Crippen LogP contribution is 2.21. The second-order valence-electron chi connectivity index (χ2n) is 3.88. The van der Waals surface area contributed by atoms with E-state index in [4.69, 9.17) is 4.74 Å². The Hall–Kier alpha value is -1.29. The lowest BCUT2D eigenvalue weighted by Crippen LogP contribution is -2.23. The fourth-order valence-electron chi connectivity index (χ4n) is 1.84. The minimum atomic E-state index is -0.974. The van der Waals surface area contributed by atoms with Crippen molar-refractivity contribution in [2.45, 2.75) is 12.8 Å². The zero-order chi connectivity index (χ0) is 11.5. The summed E-state index contributed by atoms with van der Waals surface area (Å²) < 4.78 is 30.8. The van der Waals surface area contributed by atoms with Crippen molar-refractivity contribution in [1.82, 2.24) is 0 Å². The van der Waals surface area contributed by atoms with Crippen LogP contribution in [0.15, 0.2) is 18.2 Å². The summed E-state index contributed by atoms with van der Waals surface area (Å²) in [6, 6.07) is 3.28. The molecular formula is C12H12F2O2. The van der Waals surface area contributed by atoms with Crippen LogP contribution in [0, 0.1) is 17.6 Å². The average molecular weight is 226 g/mol. The summed E-state index contributed by atoms with van der Waals surface area (Å²) >= 11 is 0. The normalized spacial score (nSPS) is 17.4. The second kappa shape index (κ2) is 4.70. The predicted molar refractivity (Wildman–Crippen MR) is 54.2 cm³/mol. The number of rotatable bonds is 2. The fraction of sp³-hybridized carbons (Fsp3) is 0.417. The summed E-state index contributed by atoms with van der Waals surface area (Å²) in [6.07, 6.45) is 1.30. The third-order valence-electron chi connectivity index (χ3n) is 2.80. The molecule has 2 rings (SSSR count). The van der Waals surface area contributed by atoms with Gasteiger partial charge in [-0.05, 0) is 31.0 Å². The molecule has 86 valence electrons. The van der Waals surface area contributed by atoms with Crippen LogP contribution in [-0.2, 0) is 4.74 Å². The van der Waals surface area contributed by atoms with Crippen LogP contribution in [0.25, 0.3) is 0 Å². The van der Waals surface area contributed by atoms with Crippen LogP contribution in [0.3, 0.4) is 0 Å². The summed E-state index contributed by atoms with van der Waals surface area (Å²) in [7, 11) is 0. The van der Waals surface area contributed by atoms with Crippen molar-refractivity contribution in [3.8, 4) is 0 Å². The van der Waals surface area contributed by atoms with E-state index in [-0.39, 0.29) is 17.3 Å². The van der Waals surface area contributed by atoms with Crippen molar-refractivity contribution in [3.63, 3.8) is 0 Å². The van der Waals surface area contributed by atoms with Gasteiger partial charge in [0.05, 0.1) is 0 Å². The maximum Gasteiger partial charge on any atom is 0.166 e. The molecular weight excluding hydrogens is 214 g/mol. The van der Waals surface area contributed by atoms with Gasteiger partial charge in [-0.25, -0.2) is 8.78 Å². The first-order valence-corrected chi connectivity index (χ1v) is 5.25. The fourth-order valence-corrected chi connectivity index (χ4v) is 1.84. The molecule has 2 nitrogen and oxygen atoms in total. The van der Waals surface area contributed by atoms with Gasteiger partial charge in [-0.2, -0.15) is 0 Å². The number of halogens is 2. The largest absolute Gasteiger partial charge is 0.381 e. The van der Waals surface area contributed by atoms with Crippen LogP contribution in [0.4, 0.5) is 8.78 Å². The number of carbonyl (C=O) groups excluding carboxylic acids is 1. The number of carbonyl (C=O) groups is 1. The molecule has 0 bridgehead atoms. The molecule has 1 aromatic rings. The molecule has 1 aliphatic rings. The molecule has 1 aromatic carbocycles. The number of ketones is 1. The van der Waals surface area contributed by atoms with Crippen molar-refractivity contribution < 1.29 is 18.3 Å².